The van der Waals surface area contributed by atoms with E-state index in [2.05, 4.69) is 10.3 Å². The molecule has 1 aromatic rings. The molecule has 2 N–H and O–H groups in total. The van der Waals surface area contributed by atoms with Gasteiger partial charge in [-0.05, 0) is 12.1 Å². The highest BCUT2D eigenvalue weighted by Gasteiger charge is 2.05. The smallest absolute Gasteiger partial charge is 0.335 e. The molecule has 0 aliphatic carbocycles. The zero-order chi connectivity index (χ0) is 12.0. The van der Waals surface area contributed by atoms with Gasteiger partial charge < -0.3 is 10.4 Å². The van der Waals surface area contributed by atoms with Crippen molar-refractivity contribution < 1.29 is 14.7 Å². The second-order valence-electron chi connectivity index (χ2n) is 2.96. The molecule has 0 saturated carbocycles. The minimum absolute atomic E-state index is 0.0399. The van der Waals surface area contributed by atoms with E-state index in [0.29, 0.717) is 17.2 Å². The maximum Gasteiger partial charge on any atom is 0.335 e. The topological polar surface area (TPSA) is 79.3 Å². The molecule has 5 nitrogen and oxygen atoms in total. The van der Waals surface area contributed by atoms with Crippen LogP contribution in [0.1, 0.15) is 16.8 Å². The Hall–Kier alpha value is -1.56. The maximum atomic E-state index is 10.9. The van der Waals surface area contributed by atoms with Gasteiger partial charge in [-0.1, -0.05) is 0 Å². The van der Waals surface area contributed by atoms with E-state index in [1.54, 1.807) is 7.05 Å². The van der Waals surface area contributed by atoms with Crippen LogP contribution in [-0.2, 0) is 4.79 Å². The van der Waals surface area contributed by atoms with E-state index in [4.69, 9.17) is 5.11 Å². The number of nitrogens with one attached hydrogen (secondary N) is 1. The number of amides is 1. The van der Waals surface area contributed by atoms with Gasteiger partial charge in [0.25, 0.3) is 0 Å². The molecule has 0 saturated heterocycles. The van der Waals surface area contributed by atoms with Crippen LogP contribution in [0.4, 0.5) is 0 Å². The quantitative estimate of drug-likeness (QED) is 0.751. The van der Waals surface area contributed by atoms with Gasteiger partial charge >= 0.3 is 5.97 Å². The number of carbonyl (C=O) groups is 2. The van der Waals surface area contributed by atoms with E-state index >= 15 is 0 Å². The molecule has 0 atom stereocenters. The molecule has 0 radical (unpaired) electrons. The summed E-state index contributed by atoms with van der Waals surface area (Å²) in [6.07, 6.45) is 1.84. The predicted octanol–water partition coefficient (Wildman–Crippen LogP) is 1.01. The van der Waals surface area contributed by atoms with Gasteiger partial charge in [0.1, 0.15) is 0 Å². The van der Waals surface area contributed by atoms with Crippen molar-refractivity contribution in [2.75, 3.05) is 12.8 Å². The Morgan fingerprint density at radius 3 is 2.94 bits per heavy atom. The first-order valence-electron chi connectivity index (χ1n) is 4.66. The lowest BCUT2D eigenvalue weighted by molar-refractivity contribution is -0.120. The molecule has 0 aliphatic rings. The molecule has 0 aromatic carbocycles. The fraction of sp³-hybridized carbons (Fsp3) is 0.300. The van der Waals surface area contributed by atoms with Crippen molar-refractivity contribution in [2.24, 2.45) is 0 Å². The van der Waals surface area contributed by atoms with Gasteiger partial charge in [-0.3, -0.25) is 4.79 Å². The third-order valence-electron chi connectivity index (χ3n) is 1.84. The monoisotopic (exact) mass is 240 g/mol. The number of hydrogen-bond donors (Lipinski definition) is 2. The third-order valence-corrected chi connectivity index (χ3v) is 2.77. The Morgan fingerprint density at radius 2 is 2.31 bits per heavy atom. The van der Waals surface area contributed by atoms with E-state index in [1.165, 1.54) is 30.1 Å². The first-order valence-corrected chi connectivity index (χ1v) is 5.64. The van der Waals surface area contributed by atoms with Crippen LogP contribution >= 0.6 is 11.8 Å². The number of hydrogen-bond acceptors (Lipinski definition) is 4. The SMILES string of the molecule is CNC(=O)CCSc1cc(C(=O)O)ccn1. The normalized spacial score (nSPS) is 9.81. The minimum atomic E-state index is -0.976. The molecular formula is C10H12N2O3S. The van der Waals surface area contributed by atoms with Crippen molar-refractivity contribution in [3.05, 3.63) is 23.9 Å². The lowest BCUT2D eigenvalue weighted by atomic mass is 10.3. The molecular weight excluding hydrogens is 228 g/mol. The van der Waals surface area contributed by atoms with Crippen LogP contribution in [0, 0.1) is 0 Å². The van der Waals surface area contributed by atoms with E-state index < -0.39 is 5.97 Å². The molecule has 0 aliphatic heterocycles. The van der Waals surface area contributed by atoms with E-state index in [0.717, 1.165) is 0 Å². The number of aromatic carboxylic acids is 1. The summed E-state index contributed by atoms with van der Waals surface area (Å²) in [6, 6.07) is 2.93. The van der Waals surface area contributed by atoms with Gasteiger partial charge in [0, 0.05) is 25.4 Å². The number of carboxylic acids is 1. The largest absolute Gasteiger partial charge is 0.478 e. The average Bonchev–Trinajstić information content (AvgIpc) is 2.29. The van der Waals surface area contributed by atoms with Gasteiger partial charge in [0.2, 0.25) is 5.91 Å². The Morgan fingerprint density at radius 1 is 1.56 bits per heavy atom. The van der Waals surface area contributed by atoms with Crippen LogP contribution in [-0.4, -0.2) is 34.8 Å². The lowest BCUT2D eigenvalue weighted by Gasteiger charge is -2.01. The van der Waals surface area contributed by atoms with Crippen LogP contribution in [0.25, 0.3) is 0 Å². The van der Waals surface area contributed by atoms with E-state index in [1.807, 2.05) is 0 Å². The van der Waals surface area contributed by atoms with Gasteiger partial charge in [0.15, 0.2) is 0 Å². The molecule has 1 heterocycles. The molecule has 1 aromatic heterocycles. The zero-order valence-electron chi connectivity index (χ0n) is 8.77. The number of pyridine rings is 1. The molecule has 0 bridgehead atoms. The van der Waals surface area contributed by atoms with Crippen LogP contribution in [0.15, 0.2) is 23.4 Å². The van der Waals surface area contributed by atoms with Crippen molar-refractivity contribution in [1.29, 1.82) is 0 Å². The molecule has 6 heteroatoms. The maximum absolute atomic E-state index is 10.9. The molecule has 1 rings (SSSR count). The predicted molar refractivity (Wildman–Crippen MR) is 60.6 cm³/mol. The fourth-order valence-corrected chi connectivity index (χ4v) is 1.84. The first-order chi connectivity index (χ1) is 7.63. The summed E-state index contributed by atoms with van der Waals surface area (Å²) in [4.78, 5) is 25.6. The molecule has 0 unspecified atom stereocenters. The van der Waals surface area contributed by atoms with Crippen molar-refractivity contribution in [3.63, 3.8) is 0 Å². The Balaban J connectivity index is 2.51. The standard InChI is InChI=1S/C10H12N2O3S/c1-11-8(13)3-5-16-9-6-7(10(14)15)2-4-12-9/h2,4,6H,3,5H2,1H3,(H,11,13)(H,14,15). The Labute approximate surface area is 97.3 Å². The third kappa shape index (κ3) is 3.90. The van der Waals surface area contributed by atoms with Crippen molar-refractivity contribution in [3.8, 4) is 0 Å². The zero-order valence-corrected chi connectivity index (χ0v) is 9.58. The minimum Gasteiger partial charge on any atom is -0.478 e. The van der Waals surface area contributed by atoms with Crippen molar-refractivity contribution in [2.45, 2.75) is 11.4 Å². The highest BCUT2D eigenvalue weighted by molar-refractivity contribution is 7.99. The molecule has 16 heavy (non-hydrogen) atoms. The summed E-state index contributed by atoms with van der Waals surface area (Å²) in [5.74, 6) is -0.437. The molecule has 86 valence electrons. The Bertz CT molecular complexity index is 395. The van der Waals surface area contributed by atoms with Gasteiger partial charge in [-0.2, -0.15) is 0 Å². The van der Waals surface area contributed by atoms with Gasteiger partial charge in [-0.15, -0.1) is 11.8 Å². The summed E-state index contributed by atoms with van der Waals surface area (Å²) in [7, 11) is 1.58. The second-order valence-corrected chi connectivity index (χ2v) is 4.07. The van der Waals surface area contributed by atoms with Crippen LogP contribution < -0.4 is 5.32 Å². The van der Waals surface area contributed by atoms with E-state index in [9.17, 15) is 9.59 Å². The number of aromatic nitrogens is 1. The number of nitrogens with zero attached hydrogens (tertiary/aromatic N) is 1. The Kier molecular flexibility index (Phi) is 4.78. The molecule has 0 spiro atoms. The van der Waals surface area contributed by atoms with Crippen molar-refractivity contribution >= 4 is 23.6 Å². The van der Waals surface area contributed by atoms with Gasteiger partial charge in [0.05, 0.1) is 10.6 Å². The highest BCUT2D eigenvalue weighted by atomic mass is 32.2. The summed E-state index contributed by atoms with van der Waals surface area (Å²) >= 11 is 1.36. The summed E-state index contributed by atoms with van der Waals surface area (Å²) in [6.45, 7) is 0. The average molecular weight is 240 g/mol. The van der Waals surface area contributed by atoms with Crippen molar-refractivity contribution in [1.82, 2.24) is 10.3 Å². The van der Waals surface area contributed by atoms with Crippen LogP contribution in [0.3, 0.4) is 0 Å². The second kappa shape index (κ2) is 6.12. The number of thioether (sulfide) groups is 1. The summed E-state index contributed by atoms with van der Waals surface area (Å²) in [5.41, 5.74) is 0.206. The van der Waals surface area contributed by atoms with Gasteiger partial charge in [-0.25, -0.2) is 9.78 Å². The fourth-order valence-electron chi connectivity index (χ4n) is 0.995. The van der Waals surface area contributed by atoms with E-state index in [-0.39, 0.29) is 11.5 Å². The van der Waals surface area contributed by atoms with Crippen LogP contribution in [0.2, 0.25) is 0 Å². The highest BCUT2D eigenvalue weighted by Crippen LogP contribution is 2.17. The molecule has 0 fully saturated rings. The first kappa shape index (κ1) is 12.5. The summed E-state index contributed by atoms with van der Waals surface area (Å²) in [5, 5.41) is 11.9. The lowest BCUT2D eigenvalue weighted by Crippen LogP contribution is -2.17. The summed E-state index contributed by atoms with van der Waals surface area (Å²) < 4.78 is 0. The molecule has 1 amide bonds. The number of carboxylic acid groups (broad SMARTS) is 1. The number of rotatable bonds is 5. The van der Waals surface area contributed by atoms with Crippen LogP contribution in [0.5, 0.6) is 0 Å². The number of carbonyl (C=O) groups excluding carboxylic acids is 1.